The van der Waals surface area contributed by atoms with E-state index in [0.29, 0.717) is 18.6 Å². The Balaban J connectivity index is 2.60. The predicted octanol–water partition coefficient (Wildman–Crippen LogP) is 2.11. The molecule has 3 heteroatoms. The molecule has 0 unspecified atom stereocenters. The summed E-state index contributed by atoms with van der Waals surface area (Å²) in [6.07, 6.45) is 1.34. The lowest BCUT2D eigenvalue weighted by molar-refractivity contribution is -0.0113. The third-order valence-corrected chi connectivity index (χ3v) is 2.90. The van der Waals surface area contributed by atoms with Crippen LogP contribution in [0, 0.1) is 0 Å². The van der Waals surface area contributed by atoms with Crippen molar-refractivity contribution in [2.75, 3.05) is 6.61 Å². The largest absolute Gasteiger partial charge is 0.491 e. The second-order valence-electron chi connectivity index (χ2n) is 4.03. The van der Waals surface area contributed by atoms with Gasteiger partial charge in [0.05, 0.1) is 12.2 Å². The molecule has 90 valence electrons. The van der Waals surface area contributed by atoms with Crippen LogP contribution in [0.4, 0.5) is 0 Å². The molecule has 1 rings (SSSR count). The molecular weight excluding hydrogens is 204 g/mol. The Morgan fingerprint density at radius 2 is 1.94 bits per heavy atom. The number of benzene rings is 1. The van der Waals surface area contributed by atoms with E-state index < -0.39 is 5.60 Å². The van der Waals surface area contributed by atoms with E-state index in [1.54, 1.807) is 6.07 Å². The number of rotatable bonds is 6. The minimum absolute atomic E-state index is 0.00300. The summed E-state index contributed by atoms with van der Waals surface area (Å²) >= 11 is 0. The maximum Gasteiger partial charge on any atom is 0.119 e. The van der Waals surface area contributed by atoms with Gasteiger partial charge in [0, 0.05) is 0 Å². The van der Waals surface area contributed by atoms with Crippen LogP contribution in [0.25, 0.3) is 0 Å². The molecular formula is C13H20O3. The number of hydrogen-bond acceptors (Lipinski definition) is 3. The normalized spacial score (nSPS) is 11.5. The summed E-state index contributed by atoms with van der Waals surface area (Å²) in [6.45, 7) is 4.17. The van der Waals surface area contributed by atoms with Gasteiger partial charge in [-0.15, -0.1) is 0 Å². The third kappa shape index (κ3) is 3.51. The molecule has 0 saturated carbocycles. The monoisotopic (exact) mass is 224 g/mol. The maximum atomic E-state index is 10.0. The van der Waals surface area contributed by atoms with Crippen LogP contribution < -0.4 is 4.74 Å². The summed E-state index contributed by atoms with van der Waals surface area (Å²) in [5.41, 5.74) is 0.0592. The summed E-state index contributed by atoms with van der Waals surface area (Å²) in [6, 6.07) is 7.27. The van der Waals surface area contributed by atoms with Crippen molar-refractivity contribution in [1.29, 1.82) is 0 Å². The van der Waals surface area contributed by atoms with Gasteiger partial charge in [0.25, 0.3) is 0 Å². The second kappa shape index (κ2) is 5.87. The van der Waals surface area contributed by atoms with E-state index in [0.717, 1.165) is 5.56 Å². The fraction of sp³-hybridized carbons (Fsp3) is 0.538. The standard InChI is InChI=1S/C13H20O3/c1-3-13(15,4-2)10-16-12-7-5-6-11(8-12)9-14/h5-8,14-15H,3-4,9-10H2,1-2H3. The number of aliphatic hydroxyl groups is 2. The smallest absolute Gasteiger partial charge is 0.119 e. The summed E-state index contributed by atoms with van der Waals surface area (Å²) in [5, 5.41) is 19.0. The Morgan fingerprint density at radius 1 is 1.25 bits per heavy atom. The number of aliphatic hydroxyl groups excluding tert-OH is 1. The Hall–Kier alpha value is -1.06. The van der Waals surface area contributed by atoms with Crippen LogP contribution in [0.15, 0.2) is 24.3 Å². The highest BCUT2D eigenvalue weighted by Crippen LogP contribution is 2.19. The van der Waals surface area contributed by atoms with E-state index in [2.05, 4.69) is 0 Å². The van der Waals surface area contributed by atoms with Gasteiger partial charge in [-0.05, 0) is 30.5 Å². The topological polar surface area (TPSA) is 49.7 Å². The lowest BCUT2D eigenvalue weighted by atomic mass is 9.99. The molecule has 0 aliphatic heterocycles. The van der Waals surface area contributed by atoms with Crippen molar-refractivity contribution in [2.24, 2.45) is 0 Å². The first-order chi connectivity index (χ1) is 7.63. The number of ether oxygens (including phenoxy) is 1. The molecule has 1 aromatic carbocycles. The van der Waals surface area contributed by atoms with Gasteiger partial charge in [0.1, 0.15) is 12.4 Å². The summed E-state index contributed by atoms with van der Waals surface area (Å²) in [4.78, 5) is 0. The van der Waals surface area contributed by atoms with E-state index in [-0.39, 0.29) is 13.2 Å². The van der Waals surface area contributed by atoms with Gasteiger partial charge in [-0.3, -0.25) is 0 Å². The Kier molecular flexibility index (Phi) is 4.77. The second-order valence-corrected chi connectivity index (χ2v) is 4.03. The van der Waals surface area contributed by atoms with E-state index in [9.17, 15) is 5.11 Å². The molecule has 0 aliphatic rings. The summed E-state index contributed by atoms with van der Waals surface area (Å²) in [7, 11) is 0. The van der Waals surface area contributed by atoms with Gasteiger partial charge in [0.15, 0.2) is 0 Å². The first kappa shape index (κ1) is 13.0. The van der Waals surface area contributed by atoms with Crippen molar-refractivity contribution in [3.8, 4) is 5.75 Å². The molecule has 0 heterocycles. The average Bonchev–Trinajstić information content (AvgIpc) is 2.36. The average molecular weight is 224 g/mol. The van der Waals surface area contributed by atoms with Gasteiger partial charge >= 0.3 is 0 Å². The molecule has 0 aliphatic carbocycles. The minimum atomic E-state index is -0.755. The predicted molar refractivity (Wildman–Crippen MR) is 63.4 cm³/mol. The highest BCUT2D eigenvalue weighted by molar-refractivity contribution is 5.28. The van der Waals surface area contributed by atoms with Gasteiger partial charge in [-0.1, -0.05) is 26.0 Å². The van der Waals surface area contributed by atoms with E-state index in [1.165, 1.54) is 0 Å². The summed E-state index contributed by atoms with van der Waals surface area (Å²) < 4.78 is 5.53. The van der Waals surface area contributed by atoms with E-state index in [1.807, 2.05) is 32.0 Å². The highest BCUT2D eigenvalue weighted by atomic mass is 16.5. The van der Waals surface area contributed by atoms with Crippen LogP contribution in [0.3, 0.4) is 0 Å². The molecule has 2 N–H and O–H groups in total. The molecule has 0 aromatic heterocycles. The van der Waals surface area contributed by atoms with Gasteiger partial charge in [0.2, 0.25) is 0 Å². The Labute approximate surface area is 96.7 Å². The van der Waals surface area contributed by atoms with Crippen molar-refractivity contribution in [3.05, 3.63) is 29.8 Å². The van der Waals surface area contributed by atoms with Gasteiger partial charge in [-0.2, -0.15) is 0 Å². The van der Waals surface area contributed by atoms with E-state index >= 15 is 0 Å². The maximum absolute atomic E-state index is 10.0. The van der Waals surface area contributed by atoms with Crippen LogP contribution in [0.2, 0.25) is 0 Å². The zero-order chi connectivity index (χ0) is 12.0. The summed E-state index contributed by atoms with van der Waals surface area (Å²) in [5.74, 6) is 0.687. The van der Waals surface area contributed by atoms with Gasteiger partial charge < -0.3 is 14.9 Å². The Bertz CT molecular complexity index is 319. The quantitative estimate of drug-likeness (QED) is 0.778. The zero-order valence-electron chi connectivity index (χ0n) is 9.94. The molecule has 0 amide bonds. The molecule has 0 fully saturated rings. The van der Waals surface area contributed by atoms with Crippen LogP contribution >= 0.6 is 0 Å². The third-order valence-electron chi connectivity index (χ3n) is 2.90. The van der Waals surface area contributed by atoms with Crippen molar-refractivity contribution in [3.63, 3.8) is 0 Å². The number of hydrogen-bond donors (Lipinski definition) is 2. The van der Waals surface area contributed by atoms with Crippen LogP contribution in [0.5, 0.6) is 5.75 Å². The zero-order valence-corrected chi connectivity index (χ0v) is 9.94. The molecule has 16 heavy (non-hydrogen) atoms. The van der Waals surface area contributed by atoms with Crippen LogP contribution in [-0.2, 0) is 6.61 Å². The van der Waals surface area contributed by atoms with Crippen molar-refractivity contribution >= 4 is 0 Å². The van der Waals surface area contributed by atoms with Gasteiger partial charge in [-0.25, -0.2) is 0 Å². The fourth-order valence-electron chi connectivity index (χ4n) is 1.41. The SMILES string of the molecule is CCC(O)(CC)COc1cccc(CO)c1. The molecule has 0 atom stereocenters. The van der Waals surface area contributed by atoms with Crippen molar-refractivity contribution in [1.82, 2.24) is 0 Å². The minimum Gasteiger partial charge on any atom is -0.491 e. The van der Waals surface area contributed by atoms with E-state index in [4.69, 9.17) is 9.84 Å². The first-order valence-electron chi connectivity index (χ1n) is 5.68. The van der Waals surface area contributed by atoms with Crippen molar-refractivity contribution < 1.29 is 14.9 Å². The Morgan fingerprint density at radius 3 is 2.50 bits per heavy atom. The molecule has 0 spiro atoms. The lowest BCUT2D eigenvalue weighted by Gasteiger charge is -2.25. The fourth-order valence-corrected chi connectivity index (χ4v) is 1.41. The molecule has 0 saturated heterocycles. The van der Waals surface area contributed by atoms with Crippen LogP contribution in [-0.4, -0.2) is 22.4 Å². The van der Waals surface area contributed by atoms with Crippen LogP contribution in [0.1, 0.15) is 32.3 Å². The van der Waals surface area contributed by atoms with Crippen molar-refractivity contribution in [2.45, 2.75) is 38.9 Å². The molecule has 0 bridgehead atoms. The molecule has 0 radical (unpaired) electrons. The first-order valence-corrected chi connectivity index (χ1v) is 5.68. The molecule has 1 aromatic rings. The highest BCUT2D eigenvalue weighted by Gasteiger charge is 2.22. The lowest BCUT2D eigenvalue weighted by Crippen LogP contribution is -2.34. The molecule has 3 nitrogen and oxygen atoms in total.